The van der Waals surface area contributed by atoms with E-state index in [1.165, 1.54) is 0 Å². The summed E-state index contributed by atoms with van der Waals surface area (Å²) in [5.74, 6) is 0. The number of hydrogen-bond acceptors (Lipinski definition) is 4. The van der Waals surface area contributed by atoms with E-state index in [1.54, 1.807) is 0 Å². The van der Waals surface area contributed by atoms with Crippen LogP contribution in [0.25, 0.3) is 0 Å². The zero-order valence-corrected chi connectivity index (χ0v) is 5.70. The van der Waals surface area contributed by atoms with E-state index in [-0.39, 0.29) is 6.29 Å². The minimum absolute atomic E-state index is 0.295. The van der Waals surface area contributed by atoms with Gasteiger partial charge in [0.2, 0.25) is 0 Å². The molecule has 0 radical (unpaired) electrons. The number of rotatable bonds is 1. The summed E-state index contributed by atoms with van der Waals surface area (Å²) in [6, 6.07) is 5.74. The molecule has 0 spiro atoms. The maximum absolute atomic E-state index is 3.76. The molecule has 0 saturated carbocycles. The van der Waals surface area contributed by atoms with Crippen LogP contribution in [0.15, 0.2) is 51.3 Å². The lowest BCUT2D eigenvalue weighted by Gasteiger charge is -1.92. The van der Waals surface area contributed by atoms with Crippen molar-refractivity contribution in [1.82, 2.24) is 0 Å². The number of pyridine rings is 1. The van der Waals surface area contributed by atoms with Gasteiger partial charge in [-0.1, -0.05) is 16.3 Å². The third-order valence-corrected chi connectivity index (χ3v) is 1.36. The average Bonchev–Trinajstić information content (AvgIpc) is 2.58. The molecule has 54 valence electrons. The Morgan fingerprint density at radius 1 is 0.909 bits per heavy atom. The van der Waals surface area contributed by atoms with E-state index >= 15 is 0 Å². The second kappa shape index (κ2) is 2.53. The van der Waals surface area contributed by atoms with Gasteiger partial charge in [-0.15, -0.1) is 0 Å². The molecule has 0 amide bonds. The molecule has 1 aliphatic heterocycles. The van der Waals surface area contributed by atoms with Crippen molar-refractivity contribution in [3.05, 3.63) is 30.6 Å². The molecule has 0 saturated heterocycles. The molecule has 5 nitrogen and oxygen atoms in total. The monoisotopic (exact) mass is 148 g/mol. The van der Waals surface area contributed by atoms with E-state index in [1.807, 2.05) is 35.2 Å². The summed E-state index contributed by atoms with van der Waals surface area (Å²) >= 11 is 0. The molecular weight excluding hydrogens is 142 g/mol. The van der Waals surface area contributed by atoms with Gasteiger partial charge in [-0.3, -0.25) is 0 Å². The lowest BCUT2D eigenvalue weighted by molar-refractivity contribution is -0.720. The Hall–Kier alpha value is -1.65. The first-order valence-corrected chi connectivity index (χ1v) is 3.22. The molecule has 0 aliphatic carbocycles. The minimum Gasteiger partial charge on any atom is -0.158 e. The second-order valence-corrected chi connectivity index (χ2v) is 2.08. The van der Waals surface area contributed by atoms with Crippen LogP contribution in [0.2, 0.25) is 0 Å². The van der Waals surface area contributed by atoms with Crippen molar-refractivity contribution in [2.24, 2.45) is 20.7 Å². The third-order valence-electron chi connectivity index (χ3n) is 1.36. The molecule has 0 aromatic carbocycles. The largest absolute Gasteiger partial charge is 0.388 e. The maximum atomic E-state index is 3.76. The molecule has 1 aromatic heterocycles. The Labute approximate surface area is 63.1 Å². The fraction of sp³-hybridized carbons (Fsp3) is 0.167. The molecule has 0 atom stereocenters. The van der Waals surface area contributed by atoms with E-state index in [4.69, 9.17) is 0 Å². The highest BCUT2D eigenvalue weighted by atomic mass is 15.6. The zero-order chi connectivity index (χ0) is 7.52. The highest BCUT2D eigenvalue weighted by Gasteiger charge is 2.17. The lowest BCUT2D eigenvalue weighted by atomic mass is 10.5. The summed E-state index contributed by atoms with van der Waals surface area (Å²) in [7, 11) is 0. The van der Waals surface area contributed by atoms with Crippen LogP contribution in [-0.4, -0.2) is 0 Å². The average molecular weight is 148 g/mol. The van der Waals surface area contributed by atoms with Crippen LogP contribution in [0.1, 0.15) is 6.29 Å². The highest BCUT2D eigenvalue weighted by Crippen LogP contribution is 2.08. The van der Waals surface area contributed by atoms with Crippen molar-refractivity contribution in [2.45, 2.75) is 6.29 Å². The smallest absolute Gasteiger partial charge is 0.158 e. The normalized spacial score (nSPS) is 16.0. The summed E-state index contributed by atoms with van der Waals surface area (Å²) in [6.07, 6.45) is 3.44. The molecule has 1 aromatic rings. The SMILES string of the molecule is c1cc[n+](C2N=NN=N2)cc1. The molecule has 11 heavy (non-hydrogen) atoms. The summed E-state index contributed by atoms with van der Waals surface area (Å²) in [4.78, 5) is 0. The van der Waals surface area contributed by atoms with Crippen molar-refractivity contribution in [3.63, 3.8) is 0 Å². The first kappa shape index (κ1) is 6.09. The third kappa shape index (κ3) is 1.12. The summed E-state index contributed by atoms with van der Waals surface area (Å²) in [6.45, 7) is 0. The molecular formula is C6H6N5+. The van der Waals surface area contributed by atoms with Gasteiger partial charge < -0.3 is 0 Å². The van der Waals surface area contributed by atoms with Gasteiger partial charge in [-0.25, -0.2) is 0 Å². The molecule has 0 N–H and O–H groups in total. The molecule has 0 unspecified atom stereocenters. The van der Waals surface area contributed by atoms with Crippen LogP contribution in [0.3, 0.4) is 0 Å². The van der Waals surface area contributed by atoms with E-state index in [9.17, 15) is 0 Å². The molecule has 2 rings (SSSR count). The van der Waals surface area contributed by atoms with E-state index in [0.717, 1.165) is 0 Å². The van der Waals surface area contributed by atoms with Gasteiger partial charge in [-0.2, -0.15) is 4.57 Å². The summed E-state index contributed by atoms with van der Waals surface area (Å²) in [5.41, 5.74) is 0. The molecule has 5 heteroatoms. The zero-order valence-electron chi connectivity index (χ0n) is 5.70. The predicted molar refractivity (Wildman–Crippen MR) is 35.4 cm³/mol. The van der Waals surface area contributed by atoms with Gasteiger partial charge in [0.1, 0.15) is 0 Å². The van der Waals surface area contributed by atoms with Gasteiger partial charge in [-0.05, 0) is 10.4 Å². The highest BCUT2D eigenvalue weighted by molar-refractivity contribution is 4.83. The first-order valence-electron chi connectivity index (χ1n) is 3.22. The fourth-order valence-electron chi connectivity index (χ4n) is 0.847. The van der Waals surface area contributed by atoms with Crippen molar-refractivity contribution in [2.75, 3.05) is 0 Å². The lowest BCUT2D eigenvalue weighted by Crippen LogP contribution is -2.35. The fourth-order valence-corrected chi connectivity index (χ4v) is 0.847. The van der Waals surface area contributed by atoms with E-state index < -0.39 is 0 Å². The van der Waals surface area contributed by atoms with Crippen molar-refractivity contribution in [3.8, 4) is 0 Å². The van der Waals surface area contributed by atoms with Gasteiger partial charge in [0, 0.05) is 12.1 Å². The number of aromatic nitrogens is 1. The van der Waals surface area contributed by atoms with Gasteiger partial charge in [0.15, 0.2) is 12.4 Å². The quantitative estimate of drug-likeness (QED) is 0.538. The maximum Gasteiger partial charge on any atom is 0.388 e. The van der Waals surface area contributed by atoms with Gasteiger partial charge in [0.05, 0.1) is 0 Å². The van der Waals surface area contributed by atoms with Crippen LogP contribution in [0, 0.1) is 0 Å². The van der Waals surface area contributed by atoms with Crippen LogP contribution in [0.4, 0.5) is 0 Å². The predicted octanol–water partition coefficient (Wildman–Crippen LogP) is 1.26. The van der Waals surface area contributed by atoms with Gasteiger partial charge >= 0.3 is 6.29 Å². The Kier molecular flexibility index (Phi) is 1.40. The first-order chi connectivity index (χ1) is 5.47. The summed E-state index contributed by atoms with van der Waals surface area (Å²) < 4.78 is 1.82. The standard InChI is InChI=1S/C6H6N5/c1-2-4-11(5-3-1)6-7-9-10-8-6/h1-6H/q+1. The molecule has 0 bridgehead atoms. The molecule has 0 fully saturated rings. The van der Waals surface area contributed by atoms with Crippen LogP contribution >= 0.6 is 0 Å². The van der Waals surface area contributed by atoms with Crippen LogP contribution < -0.4 is 4.57 Å². The van der Waals surface area contributed by atoms with Crippen molar-refractivity contribution < 1.29 is 4.57 Å². The van der Waals surface area contributed by atoms with Crippen molar-refractivity contribution >= 4 is 0 Å². The Morgan fingerprint density at radius 3 is 2.18 bits per heavy atom. The minimum atomic E-state index is -0.295. The van der Waals surface area contributed by atoms with Crippen molar-refractivity contribution in [1.29, 1.82) is 0 Å². The second-order valence-electron chi connectivity index (χ2n) is 2.08. The van der Waals surface area contributed by atoms with E-state index in [0.29, 0.717) is 0 Å². The van der Waals surface area contributed by atoms with Crippen LogP contribution in [0.5, 0.6) is 0 Å². The Balaban J connectivity index is 2.30. The van der Waals surface area contributed by atoms with E-state index in [2.05, 4.69) is 20.7 Å². The van der Waals surface area contributed by atoms with Gasteiger partial charge in [0.25, 0.3) is 0 Å². The Bertz CT molecular complexity index is 279. The number of hydrogen-bond donors (Lipinski definition) is 0. The summed E-state index contributed by atoms with van der Waals surface area (Å²) in [5, 5.41) is 14.3. The molecule has 1 aliphatic rings. The number of nitrogens with zero attached hydrogens (tertiary/aromatic N) is 5. The topological polar surface area (TPSA) is 53.3 Å². The molecule has 2 heterocycles. The van der Waals surface area contributed by atoms with Crippen LogP contribution in [-0.2, 0) is 0 Å². The Morgan fingerprint density at radius 2 is 1.55 bits per heavy atom.